The molecule has 2 rings (SSSR count). The molecule has 0 saturated carbocycles. The Morgan fingerprint density at radius 3 is 1.79 bits per heavy atom. The molecule has 24 heavy (non-hydrogen) atoms. The molecule has 3 N–H and O–H groups in total. The summed E-state index contributed by atoms with van der Waals surface area (Å²) in [5, 5.41) is 9.42. The second-order valence-corrected chi connectivity index (χ2v) is 4.91. The number of benzene rings is 2. The number of alkyl halides is 6. The maximum absolute atomic E-state index is 12.6. The largest absolute Gasteiger partial charge is 0.506 e. The molecule has 3 nitrogen and oxygen atoms in total. The Morgan fingerprint density at radius 1 is 0.833 bits per heavy atom. The van der Waals surface area contributed by atoms with Gasteiger partial charge in [0.2, 0.25) is 0 Å². The monoisotopic (exact) mass is 351 g/mol. The van der Waals surface area contributed by atoms with Gasteiger partial charge in [-0.1, -0.05) is 12.1 Å². The van der Waals surface area contributed by atoms with Gasteiger partial charge in [-0.25, -0.2) is 0 Å². The number of nitrogens with two attached hydrogens (primary N) is 1. The lowest BCUT2D eigenvalue weighted by molar-refractivity contribution is -0.253. The zero-order valence-corrected chi connectivity index (χ0v) is 11.8. The third kappa shape index (κ3) is 4.03. The Kier molecular flexibility index (Phi) is 4.54. The number of hydrogen-bond donors (Lipinski definition) is 2. The zero-order valence-electron chi connectivity index (χ0n) is 11.8. The first kappa shape index (κ1) is 17.8. The standard InChI is InChI=1S/C15H11F6NO2/c16-14(17,18)13(15(19,20)21)8-1-3-9(4-2-8)24-10-5-6-11(22)12(23)7-10/h1-7,13,23H,22H2. The van der Waals surface area contributed by atoms with Gasteiger partial charge in [0.15, 0.2) is 5.92 Å². The Balaban J connectivity index is 2.24. The van der Waals surface area contributed by atoms with Crippen molar-refractivity contribution in [3.63, 3.8) is 0 Å². The predicted octanol–water partition coefficient (Wildman–Crippen LogP) is 4.97. The molecule has 0 atom stereocenters. The topological polar surface area (TPSA) is 55.5 Å². The number of hydrogen-bond acceptors (Lipinski definition) is 3. The highest BCUT2D eigenvalue weighted by molar-refractivity contribution is 5.55. The molecule has 9 heteroatoms. The summed E-state index contributed by atoms with van der Waals surface area (Å²) in [6, 6.07) is 7.23. The van der Waals surface area contributed by atoms with Crippen molar-refractivity contribution in [3.05, 3.63) is 48.0 Å². The van der Waals surface area contributed by atoms with Crippen LogP contribution in [0.15, 0.2) is 42.5 Å². The molecule has 0 aromatic heterocycles. The van der Waals surface area contributed by atoms with E-state index in [1.165, 1.54) is 12.1 Å². The molecule has 0 heterocycles. The summed E-state index contributed by atoms with van der Waals surface area (Å²) in [7, 11) is 0. The number of phenolic OH excluding ortho intramolecular Hbond substituents is 1. The van der Waals surface area contributed by atoms with Crippen LogP contribution >= 0.6 is 0 Å². The highest BCUT2D eigenvalue weighted by Crippen LogP contribution is 2.46. The average molecular weight is 351 g/mol. The van der Waals surface area contributed by atoms with Crippen molar-refractivity contribution in [1.82, 2.24) is 0 Å². The average Bonchev–Trinajstić information content (AvgIpc) is 2.42. The van der Waals surface area contributed by atoms with E-state index < -0.39 is 23.8 Å². The molecule has 0 aliphatic carbocycles. The fourth-order valence-electron chi connectivity index (χ4n) is 2.01. The van der Waals surface area contributed by atoms with E-state index in [9.17, 15) is 31.4 Å². The normalized spacial score (nSPS) is 12.5. The molecular weight excluding hydrogens is 340 g/mol. The van der Waals surface area contributed by atoms with Crippen LogP contribution in [-0.4, -0.2) is 17.5 Å². The van der Waals surface area contributed by atoms with Gasteiger partial charge in [-0.05, 0) is 29.8 Å². The van der Waals surface area contributed by atoms with E-state index in [-0.39, 0.29) is 22.9 Å². The molecule has 0 aliphatic heterocycles. The highest BCUT2D eigenvalue weighted by Gasteiger charge is 2.57. The number of aromatic hydroxyl groups is 1. The van der Waals surface area contributed by atoms with Crippen molar-refractivity contribution in [2.75, 3.05) is 5.73 Å². The lowest BCUT2D eigenvalue weighted by Crippen LogP contribution is -2.34. The van der Waals surface area contributed by atoms with Crippen LogP contribution in [0.2, 0.25) is 0 Å². The first-order valence-corrected chi connectivity index (χ1v) is 6.48. The number of anilines is 1. The van der Waals surface area contributed by atoms with Crippen LogP contribution in [-0.2, 0) is 0 Å². The molecule has 2 aromatic rings. The first-order chi connectivity index (χ1) is 11.0. The summed E-state index contributed by atoms with van der Waals surface area (Å²) >= 11 is 0. The van der Waals surface area contributed by atoms with Crippen molar-refractivity contribution in [1.29, 1.82) is 0 Å². The van der Waals surface area contributed by atoms with Gasteiger partial charge < -0.3 is 15.6 Å². The first-order valence-electron chi connectivity index (χ1n) is 6.48. The summed E-state index contributed by atoms with van der Waals surface area (Å²) < 4.78 is 81.1. The van der Waals surface area contributed by atoms with Gasteiger partial charge >= 0.3 is 12.4 Å². The van der Waals surface area contributed by atoms with Crippen LogP contribution in [0.5, 0.6) is 17.2 Å². The SMILES string of the molecule is Nc1ccc(Oc2ccc(C(C(F)(F)F)C(F)(F)F)cc2)cc1O. The van der Waals surface area contributed by atoms with Gasteiger partial charge in [-0.3, -0.25) is 0 Å². The third-order valence-corrected chi connectivity index (χ3v) is 3.11. The van der Waals surface area contributed by atoms with Gasteiger partial charge in [0, 0.05) is 6.07 Å². The summed E-state index contributed by atoms with van der Waals surface area (Å²) in [5.74, 6) is -3.71. The molecule has 0 spiro atoms. The molecule has 0 fully saturated rings. The van der Waals surface area contributed by atoms with Crippen LogP contribution in [0.3, 0.4) is 0 Å². The zero-order chi connectivity index (χ0) is 18.1. The fourth-order valence-corrected chi connectivity index (χ4v) is 2.01. The fraction of sp³-hybridized carbons (Fsp3) is 0.200. The van der Waals surface area contributed by atoms with Crippen LogP contribution in [0.1, 0.15) is 11.5 Å². The van der Waals surface area contributed by atoms with Gasteiger partial charge in [-0.2, -0.15) is 26.3 Å². The molecule has 0 saturated heterocycles. The van der Waals surface area contributed by atoms with E-state index in [4.69, 9.17) is 10.5 Å². The number of rotatable bonds is 3. The van der Waals surface area contributed by atoms with E-state index >= 15 is 0 Å². The molecule has 0 radical (unpaired) electrons. The Labute approximate surface area is 132 Å². The predicted molar refractivity (Wildman–Crippen MR) is 73.9 cm³/mol. The Hall–Kier alpha value is -2.58. The molecule has 0 bridgehead atoms. The van der Waals surface area contributed by atoms with Crippen molar-refractivity contribution >= 4 is 5.69 Å². The highest BCUT2D eigenvalue weighted by atomic mass is 19.4. The van der Waals surface area contributed by atoms with Gasteiger partial charge in [0.05, 0.1) is 5.69 Å². The molecule has 2 aromatic carbocycles. The van der Waals surface area contributed by atoms with Gasteiger partial charge in [0.1, 0.15) is 17.2 Å². The maximum atomic E-state index is 12.6. The van der Waals surface area contributed by atoms with Gasteiger partial charge in [0.25, 0.3) is 0 Å². The molecule has 0 unspecified atom stereocenters. The number of halogens is 6. The quantitative estimate of drug-likeness (QED) is 0.466. The van der Waals surface area contributed by atoms with Crippen molar-refractivity contribution in [2.24, 2.45) is 0 Å². The lowest BCUT2D eigenvalue weighted by Gasteiger charge is -2.23. The minimum atomic E-state index is -5.45. The van der Waals surface area contributed by atoms with Crippen LogP contribution < -0.4 is 10.5 Å². The van der Waals surface area contributed by atoms with E-state index in [2.05, 4.69) is 0 Å². The van der Waals surface area contributed by atoms with Crippen molar-refractivity contribution in [3.8, 4) is 17.2 Å². The van der Waals surface area contributed by atoms with Crippen molar-refractivity contribution < 1.29 is 36.2 Å². The van der Waals surface area contributed by atoms with E-state index in [0.29, 0.717) is 12.1 Å². The number of phenols is 1. The van der Waals surface area contributed by atoms with Gasteiger partial charge in [-0.15, -0.1) is 0 Å². The summed E-state index contributed by atoms with van der Waals surface area (Å²) in [4.78, 5) is 0. The minimum absolute atomic E-state index is 0.00557. The Bertz CT molecular complexity index is 695. The Morgan fingerprint density at radius 2 is 1.33 bits per heavy atom. The van der Waals surface area contributed by atoms with Crippen molar-refractivity contribution in [2.45, 2.75) is 18.3 Å². The number of nitrogen functional groups attached to an aromatic ring is 1. The number of ether oxygens (including phenoxy) is 1. The second kappa shape index (κ2) is 6.14. The smallest absolute Gasteiger partial charge is 0.404 e. The lowest BCUT2D eigenvalue weighted by atomic mass is 9.98. The van der Waals surface area contributed by atoms with Crippen LogP contribution in [0.25, 0.3) is 0 Å². The summed E-state index contributed by atoms with van der Waals surface area (Å²) in [6.07, 6.45) is -10.9. The van der Waals surface area contributed by atoms with E-state index in [1.54, 1.807) is 0 Å². The summed E-state index contributed by atoms with van der Waals surface area (Å²) in [5.41, 5.74) is 4.55. The molecule has 0 aliphatic rings. The maximum Gasteiger partial charge on any atom is 0.404 e. The van der Waals surface area contributed by atoms with E-state index in [0.717, 1.165) is 18.2 Å². The van der Waals surface area contributed by atoms with Crippen LogP contribution in [0, 0.1) is 0 Å². The summed E-state index contributed by atoms with van der Waals surface area (Å²) in [6.45, 7) is 0. The second-order valence-electron chi connectivity index (χ2n) is 4.91. The minimum Gasteiger partial charge on any atom is -0.506 e. The molecule has 130 valence electrons. The third-order valence-electron chi connectivity index (χ3n) is 3.11. The van der Waals surface area contributed by atoms with E-state index in [1.807, 2.05) is 0 Å². The molecule has 0 amide bonds. The van der Waals surface area contributed by atoms with Crippen LogP contribution in [0.4, 0.5) is 32.0 Å². The molecular formula is C15H11F6NO2.